The van der Waals surface area contributed by atoms with Crippen molar-refractivity contribution in [3.8, 4) is 0 Å². The van der Waals surface area contributed by atoms with Gasteiger partial charge in [-0.05, 0) is 48.0 Å². The van der Waals surface area contributed by atoms with Crippen LogP contribution in [0.4, 0.5) is 5.69 Å². The van der Waals surface area contributed by atoms with E-state index >= 15 is 0 Å². The van der Waals surface area contributed by atoms with E-state index in [0.29, 0.717) is 11.6 Å². The van der Waals surface area contributed by atoms with Gasteiger partial charge in [-0.25, -0.2) is 0 Å². The molecule has 0 saturated carbocycles. The lowest BCUT2D eigenvalue weighted by Gasteiger charge is -2.08. The van der Waals surface area contributed by atoms with Crippen LogP contribution in [0.25, 0.3) is 0 Å². The Morgan fingerprint density at radius 1 is 1.00 bits per heavy atom. The van der Waals surface area contributed by atoms with Gasteiger partial charge in [0.05, 0.1) is 0 Å². The Morgan fingerprint density at radius 2 is 1.71 bits per heavy atom. The third-order valence-electron chi connectivity index (χ3n) is 2.33. The zero-order valence-electron chi connectivity index (χ0n) is 8.88. The van der Waals surface area contributed by atoms with Gasteiger partial charge in [0, 0.05) is 26.8 Å². The predicted octanol–water partition coefficient (Wildman–Crippen LogP) is 5.37. The van der Waals surface area contributed by atoms with E-state index < -0.39 is 0 Å². The van der Waals surface area contributed by atoms with Crippen LogP contribution in [-0.2, 0) is 6.54 Å². The number of nitrogens with one attached hydrogen (secondary N) is 1. The Bertz CT molecular complexity index is 511. The van der Waals surface area contributed by atoms with Crippen LogP contribution in [0.1, 0.15) is 5.56 Å². The molecular weight excluding hydrogens is 321 g/mol. The minimum atomic E-state index is 0.654. The minimum absolute atomic E-state index is 0.654. The second kappa shape index (κ2) is 5.76. The second-order valence-corrected chi connectivity index (χ2v) is 5.36. The first-order chi connectivity index (χ1) is 8.15. The Hall–Kier alpha value is -0.700. The first-order valence-electron chi connectivity index (χ1n) is 5.08. The number of hydrogen-bond donors (Lipinski definition) is 1. The fourth-order valence-corrected chi connectivity index (χ4v) is 2.09. The molecule has 0 amide bonds. The van der Waals surface area contributed by atoms with Crippen molar-refractivity contribution in [2.75, 3.05) is 5.32 Å². The van der Waals surface area contributed by atoms with Gasteiger partial charge in [-0.2, -0.15) is 0 Å². The summed E-state index contributed by atoms with van der Waals surface area (Å²) >= 11 is 15.4. The van der Waals surface area contributed by atoms with Crippen molar-refractivity contribution in [2.45, 2.75) is 6.54 Å². The quantitative estimate of drug-likeness (QED) is 0.797. The largest absolute Gasteiger partial charge is 0.381 e. The first-order valence-corrected chi connectivity index (χ1v) is 6.63. The summed E-state index contributed by atoms with van der Waals surface area (Å²) in [6.45, 7) is 0.654. The highest BCUT2D eigenvalue weighted by molar-refractivity contribution is 9.10. The van der Waals surface area contributed by atoms with Crippen LogP contribution in [0.5, 0.6) is 0 Å². The second-order valence-electron chi connectivity index (χ2n) is 3.60. The molecule has 1 N–H and O–H groups in total. The van der Waals surface area contributed by atoms with E-state index in [1.54, 1.807) is 6.07 Å². The van der Waals surface area contributed by atoms with Crippen LogP contribution in [0, 0.1) is 0 Å². The Balaban J connectivity index is 2.07. The molecule has 88 valence electrons. The Kier molecular flexibility index (Phi) is 4.32. The monoisotopic (exact) mass is 329 g/mol. The van der Waals surface area contributed by atoms with Gasteiger partial charge in [-0.15, -0.1) is 0 Å². The zero-order valence-corrected chi connectivity index (χ0v) is 12.0. The molecule has 2 aromatic carbocycles. The lowest BCUT2D eigenvalue weighted by Crippen LogP contribution is -1.99. The lowest BCUT2D eigenvalue weighted by atomic mass is 10.2. The van der Waals surface area contributed by atoms with Gasteiger partial charge >= 0.3 is 0 Å². The van der Waals surface area contributed by atoms with Crippen molar-refractivity contribution in [2.24, 2.45) is 0 Å². The number of benzene rings is 2. The molecule has 0 bridgehead atoms. The molecule has 0 aliphatic rings. The summed E-state index contributed by atoms with van der Waals surface area (Å²) in [6.07, 6.45) is 0. The average molecular weight is 331 g/mol. The Labute approximate surface area is 119 Å². The summed E-state index contributed by atoms with van der Waals surface area (Å²) in [6, 6.07) is 13.4. The van der Waals surface area contributed by atoms with Crippen molar-refractivity contribution in [1.29, 1.82) is 0 Å². The Morgan fingerprint density at radius 3 is 2.41 bits per heavy atom. The van der Waals surface area contributed by atoms with E-state index in [9.17, 15) is 0 Å². The van der Waals surface area contributed by atoms with Crippen molar-refractivity contribution in [3.63, 3.8) is 0 Å². The number of anilines is 1. The molecule has 0 radical (unpaired) electrons. The van der Waals surface area contributed by atoms with E-state index in [1.165, 1.54) is 0 Å². The molecule has 4 heteroatoms. The third-order valence-corrected chi connectivity index (χ3v) is 3.47. The molecular formula is C13H10BrCl2N. The van der Waals surface area contributed by atoms with Gasteiger partial charge in [-0.1, -0.05) is 39.1 Å². The third kappa shape index (κ3) is 3.63. The molecule has 0 heterocycles. The van der Waals surface area contributed by atoms with Crippen molar-refractivity contribution in [1.82, 2.24) is 0 Å². The number of halogens is 3. The molecule has 2 aromatic rings. The molecule has 2 rings (SSSR count). The van der Waals surface area contributed by atoms with Crippen LogP contribution in [-0.4, -0.2) is 0 Å². The summed E-state index contributed by atoms with van der Waals surface area (Å²) in [4.78, 5) is 0. The van der Waals surface area contributed by atoms with E-state index in [0.717, 1.165) is 20.7 Å². The van der Waals surface area contributed by atoms with Gasteiger partial charge in [0.2, 0.25) is 0 Å². The summed E-state index contributed by atoms with van der Waals surface area (Å²) in [5.41, 5.74) is 2.03. The molecule has 17 heavy (non-hydrogen) atoms. The van der Waals surface area contributed by atoms with Gasteiger partial charge in [0.15, 0.2) is 0 Å². The summed E-state index contributed by atoms with van der Waals surface area (Å²) in [7, 11) is 0. The van der Waals surface area contributed by atoms with Gasteiger partial charge in [-0.3, -0.25) is 0 Å². The standard InChI is InChI=1S/C13H10BrCl2N/c14-10-1-4-12(5-2-10)17-8-9-7-11(15)3-6-13(9)16/h1-7,17H,8H2. The lowest BCUT2D eigenvalue weighted by molar-refractivity contribution is 1.15. The van der Waals surface area contributed by atoms with Crippen LogP contribution >= 0.6 is 39.1 Å². The van der Waals surface area contributed by atoms with Gasteiger partial charge in [0.1, 0.15) is 0 Å². The molecule has 0 unspecified atom stereocenters. The van der Waals surface area contributed by atoms with E-state index in [4.69, 9.17) is 23.2 Å². The van der Waals surface area contributed by atoms with Gasteiger partial charge in [0.25, 0.3) is 0 Å². The van der Waals surface area contributed by atoms with Crippen molar-refractivity contribution in [3.05, 3.63) is 62.5 Å². The van der Waals surface area contributed by atoms with E-state index in [1.807, 2.05) is 36.4 Å². The highest BCUT2D eigenvalue weighted by Gasteiger charge is 2.01. The molecule has 0 atom stereocenters. The van der Waals surface area contributed by atoms with Crippen LogP contribution < -0.4 is 5.32 Å². The maximum Gasteiger partial charge on any atom is 0.0456 e. The van der Waals surface area contributed by atoms with Crippen LogP contribution in [0.2, 0.25) is 10.0 Å². The highest BCUT2D eigenvalue weighted by atomic mass is 79.9. The molecule has 0 saturated heterocycles. The smallest absolute Gasteiger partial charge is 0.0456 e. The maximum atomic E-state index is 6.08. The SMILES string of the molecule is Clc1ccc(Cl)c(CNc2ccc(Br)cc2)c1. The van der Waals surface area contributed by atoms with Crippen molar-refractivity contribution >= 4 is 44.8 Å². The molecule has 0 aliphatic heterocycles. The minimum Gasteiger partial charge on any atom is -0.381 e. The maximum absolute atomic E-state index is 6.08. The summed E-state index contributed by atoms with van der Waals surface area (Å²) in [5, 5.41) is 4.71. The number of rotatable bonds is 3. The van der Waals surface area contributed by atoms with Crippen molar-refractivity contribution < 1.29 is 0 Å². The summed E-state index contributed by atoms with van der Waals surface area (Å²) < 4.78 is 1.06. The van der Waals surface area contributed by atoms with Crippen LogP contribution in [0.3, 0.4) is 0 Å². The molecule has 0 fully saturated rings. The van der Waals surface area contributed by atoms with E-state index in [2.05, 4.69) is 21.2 Å². The normalized spacial score (nSPS) is 10.3. The van der Waals surface area contributed by atoms with Crippen LogP contribution in [0.15, 0.2) is 46.9 Å². The topological polar surface area (TPSA) is 12.0 Å². The van der Waals surface area contributed by atoms with E-state index in [-0.39, 0.29) is 0 Å². The zero-order chi connectivity index (χ0) is 12.3. The van der Waals surface area contributed by atoms with Gasteiger partial charge < -0.3 is 5.32 Å². The molecule has 0 spiro atoms. The fourth-order valence-electron chi connectivity index (χ4n) is 1.44. The predicted molar refractivity (Wildman–Crippen MR) is 77.9 cm³/mol. The summed E-state index contributed by atoms with van der Waals surface area (Å²) in [5.74, 6) is 0. The molecule has 0 aromatic heterocycles. The molecule has 1 nitrogen and oxygen atoms in total. The first kappa shape index (κ1) is 12.7. The fraction of sp³-hybridized carbons (Fsp3) is 0.0769. The average Bonchev–Trinajstić information content (AvgIpc) is 2.32. The molecule has 0 aliphatic carbocycles. The number of hydrogen-bond acceptors (Lipinski definition) is 1. The highest BCUT2D eigenvalue weighted by Crippen LogP contribution is 2.22.